The van der Waals surface area contributed by atoms with Crippen LogP contribution in [0, 0.1) is 0 Å². The maximum Gasteiger partial charge on any atom is 0.257 e. The Bertz CT molecular complexity index is 539. The second-order valence-electron chi connectivity index (χ2n) is 3.78. The van der Waals surface area contributed by atoms with Gasteiger partial charge in [0, 0.05) is 6.20 Å². The molecule has 0 aliphatic rings. The number of nitrogens with zero attached hydrogens (tertiary/aromatic N) is 1. The number of aromatic nitrogens is 1. The minimum Gasteiger partial charge on any atom is -0.480 e. The van der Waals surface area contributed by atoms with Crippen molar-refractivity contribution < 1.29 is 19.1 Å². The van der Waals surface area contributed by atoms with Gasteiger partial charge in [0.25, 0.3) is 5.91 Å². The van der Waals surface area contributed by atoms with Gasteiger partial charge in [0.05, 0.1) is 20.0 Å². The summed E-state index contributed by atoms with van der Waals surface area (Å²) in [4.78, 5) is 16.1. The molecule has 19 heavy (non-hydrogen) atoms. The second kappa shape index (κ2) is 6.01. The zero-order valence-corrected chi connectivity index (χ0v) is 10.4. The van der Waals surface area contributed by atoms with Gasteiger partial charge in [0.1, 0.15) is 17.4 Å². The fourth-order valence-corrected chi connectivity index (χ4v) is 1.66. The number of carbonyl (C=O) groups excluding carboxylic acids is 1. The molecular weight excluding hydrogens is 248 g/mol. The summed E-state index contributed by atoms with van der Waals surface area (Å²) in [7, 11) is 1.44. The number of hydrogen-bond donors (Lipinski definition) is 2. The molecule has 1 unspecified atom stereocenters. The van der Waals surface area contributed by atoms with E-state index in [9.17, 15) is 9.90 Å². The Hall–Kier alpha value is -2.34. The number of methoxy groups -OCH3 is 1. The molecule has 0 aliphatic heterocycles. The molecule has 6 nitrogen and oxygen atoms in total. The molecule has 0 saturated carbocycles. The summed E-state index contributed by atoms with van der Waals surface area (Å²) in [6.07, 6.45) is 3.01. The molecule has 0 bridgehead atoms. The van der Waals surface area contributed by atoms with Crippen molar-refractivity contribution >= 4 is 5.91 Å². The van der Waals surface area contributed by atoms with E-state index in [0.717, 1.165) is 0 Å². The summed E-state index contributed by atoms with van der Waals surface area (Å²) >= 11 is 0. The van der Waals surface area contributed by atoms with Crippen LogP contribution in [0.25, 0.3) is 0 Å². The molecule has 2 rings (SSSR count). The number of furan rings is 1. The Morgan fingerprint density at radius 1 is 1.53 bits per heavy atom. The first-order chi connectivity index (χ1) is 9.26. The van der Waals surface area contributed by atoms with Gasteiger partial charge in [0.2, 0.25) is 5.88 Å². The topological polar surface area (TPSA) is 84.6 Å². The minimum atomic E-state index is -0.604. The fraction of sp³-hybridized carbons (Fsp3) is 0.231. The average Bonchev–Trinajstić information content (AvgIpc) is 2.98. The molecule has 2 aromatic heterocycles. The van der Waals surface area contributed by atoms with Crippen LogP contribution in [-0.2, 0) is 0 Å². The Morgan fingerprint density at radius 3 is 3.00 bits per heavy atom. The highest BCUT2D eigenvalue weighted by molar-refractivity contribution is 5.96. The number of ether oxygens (including phenoxy) is 1. The van der Waals surface area contributed by atoms with Crippen molar-refractivity contribution in [3.63, 3.8) is 0 Å². The van der Waals surface area contributed by atoms with Gasteiger partial charge in [-0.3, -0.25) is 4.79 Å². The molecule has 0 aromatic carbocycles. The number of amides is 1. The van der Waals surface area contributed by atoms with Gasteiger partial charge in [-0.15, -0.1) is 0 Å². The van der Waals surface area contributed by atoms with Crippen molar-refractivity contribution in [3.05, 3.63) is 48.0 Å². The number of nitrogens with one attached hydrogen (secondary N) is 1. The molecule has 0 radical (unpaired) electrons. The molecule has 2 aromatic rings. The zero-order valence-electron chi connectivity index (χ0n) is 10.4. The van der Waals surface area contributed by atoms with Crippen molar-refractivity contribution in [1.29, 1.82) is 0 Å². The van der Waals surface area contributed by atoms with E-state index in [1.807, 2.05) is 0 Å². The predicted molar refractivity (Wildman–Crippen MR) is 66.8 cm³/mol. The monoisotopic (exact) mass is 262 g/mol. The molecule has 1 amide bonds. The third-order valence-corrected chi connectivity index (χ3v) is 2.58. The zero-order chi connectivity index (χ0) is 13.7. The summed E-state index contributed by atoms with van der Waals surface area (Å²) in [6.45, 7) is -0.262. The lowest BCUT2D eigenvalue weighted by Gasteiger charge is -2.14. The van der Waals surface area contributed by atoms with Crippen molar-refractivity contribution in [1.82, 2.24) is 10.3 Å². The lowest BCUT2D eigenvalue weighted by atomic mass is 10.2. The third-order valence-electron chi connectivity index (χ3n) is 2.58. The molecule has 0 fully saturated rings. The summed E-state index contributed by atoms with van der Waals surface area (Å²) in [5.41, 5.74) is 0.301. The highest BCUT2D eigenvalue weighted by Crippen LogP contribution is 2.17. The lowest BCUT2D eigenvalue weighted by Crippen LogP contribution is -2.30. The molecule has 2 heterocycles. The molecular formula is C13H14N2O4. The smallest absolute Gasteiger partial charge is 0.257 e. The maximum atomic E-state index is 12.1. The van der Waals surface area contributed by atoms with Gasteiger partial charge >= 0.3 is 0 Å². The minimum absolute atomic E-state index is 0.233. The van der Waals surface area contributed by atoms with Gasteiger partial charge in [-0.1, -0.05) is 0 Å². The molecule has 1 atom stereocenters. The van der Waals surface area contributed by atoms with Crippen LogP contribution >= 0.6 is 0 Å². The van der Waals surface area contributed by atoms with Crippen molar-refractivity contribution in [2.75, 3.05) is 13.7 Å². The summed E-state index contributed by atoms with van der Waals surface area (Å²) < 4.78 is 10.2. The number of hydrogen-bond acceptors (Lipinski definition) is 5. The van der Waals surface area contributed by atoms with Crippen LogP contribution in [0.15, 0.2) is 41.1 Å². The van der Waals surface area contributed by atoms with Crippen molar-refractivity contribution in [2.45, 2.75) is 6.04 Å². The number of pyridine rings is 1. The molecule has 2 N–H and O–H groups in total. The van der Waals surface area contributed by atoms with E-state index in [2.05, 4.69) is 10.3 Å². The van der Waals surface area contributed by atoms with Crippen LogP contribution in [0.4, 0.5) is 0 Å². The normalized spacial score (nSPS) is 11.9. The van der Waals surface area contributed by atoms with Gasteiger partial charge in [-0.25, -0.2) is 4.98 Å². The molecule has 0 spiro atoms. The summed E-state index contributed by atoms with van der Waals surface area (Å²) in [5, 5.41) is 12.0. The summed E-state index contributed by atoms with van der Waals surface area (Å²) in [5.74, 6) is 0.329. The van der Waals surface area contributed by atoms with E-state index in [1.54, 1.807) is 24.3 Å². The fourth-order valence-electron chi connectivity index (χ4n) is 1.66. The van der Waals surface area contributed by atoms with E-state index in [0.29, 0.717) is 11.3 Å². The average molecular weight is 262 g/mol. The van der Waals surface area contributed by atoms with Crippen molar-refractivity contribution in [3.8, 4) is 5.88 Å². The van der Waals surface area contributed by atoms with Gasteiger partial charge in [-0.2, -0.15) is 0 Å². The maximum absolute atomic E-state index is 12.1. The van der Waals surface area contributed by atoms with Gasteiger partial charge < -0.3 is 19.6 Å². The van der Waals surface area contributed by atoms with E-state index in [4.69, 9.17) is 9.15 Å². The third kappa shape index (κ3) is 2.92. The highest BCUT2D eigenvalue weighted by atomic mass is 16.5. The van der Waals surface area contributed by atoms with Crippen LogP contribution in [0.5, 0.6) is 5.88 Å². The van der Waals surface area contributed by atoms with E-state index in [-0.39, 0.29) is 18.4 Å². The quantitative estimate of drug-likeness (QED) is 0.844. The Labute approximate surface area is 110 Å². The van der Waals surface area contributed by atoms with Crippen LogP contribution in [-0.4, -0.2) is 29.7 Å². The number of aliphatic hydroxyl groups excluding tert-OH is 1. The lowest BCUT2D eigenvalue weighted by molar-refractivity contribution is 0.0903. The van der Waals surface area contributed by atoms with Crippen molar-refractivity contribution in [2.24, 2.45) is 0 Å². The molecule has 100 valence electrons. The van der Waals surface area contributed by atoms with E-state index in [1.165, 1.54) is 19.6 Å². The standard InChI is InChI=1S/C13H14N2O4/c1-18-13-9(4-2-6-14-13)12(17)15-10(8-16)11-5-3-7-19-11/h2-7,10,16H,8H2,1H3,(H,15,17). The van der Waals surface area contributed by atoms with Crippen LogP contribution in [0.1, 0.15) is 22.2 Å². The summed E-state index contributed by atoms with van der Waals surface area (Å²) in [6, 6.07) is 6.00. The number of rotatable bonds is 5. The number of aliphatic hydroxyl groups is 1. The Kier molecular flexibility index (Phi) is 4.15. The first-order valence-corrected chi connectivity index (χ1v) is 5.70. The molecule has 6 heteroatoms. The van der Waals surface area contributed by atoms with E-state index < -0.39 is 6.04 Å². The highest BCUT2D eigenvalue weighted by Gasteiger charge is 2.19. The first kappa shape index (κ1) is 13.1. The van der Waals surface area contributed by atoms with E-state index >= 15 is 0 Å². The number of carbonyl (C=O) groups is 1. The first-order valence-electron chi connectivity index (χ1n) is 5.70. The van der Waals surface area contributed by atoms with Crippen LogP contribution < -0.4 is 10.1 Å². The van der Waals surface area contributed by atoms with Gasteiger partial charge in [0.15, 0.2) is 0 Å². The molecule has 0 aliphatic carbocycles. The second-order valence-corrected chi connectivity index (χ2v) is 3.78. The SMILES string of the molecule is COc1ncccc1C(=O)NC(CO)c1ccco1. The predicted octanol–water partition coefficient (Wildman–Crippen LogP) is 1.15. The molecule has 0 saturated heterocycles. The van der Waals surface area contributed by atoms with Gasteiger partial charge in [-0.05, 0) is 24.3 Å². The Balaban J connectivity index is 2.16. The van der Waals surface area contributed by atoms with Crippen LogP contribution in [0.3, 0.4) is 0 Å². The largest absolute Gasteiger partial charge is 0.480 e. The van der Waals surface area contributed by atoms with Crippen LogP contribution in [0.2, 0.25) is 0 Å². The Morgan fingerprint density at radius 2 is 2.37 bits per heavy atom.